The van der Waals surface area contributed by atoms with Gasteiger partial charge in [-0.15, -0.1) is 0 Å². The Morgan fingerprint density at radius 1 is 0.471 bits per heavy atom. The van der Waals surface area contributed by atoms with Crippen molar-refractivity contribution in [3.8, 4) is 0 Å². The van der Waals surface area contributed by atoms with Crippen LogP contribution in [0.15, 0.2) is 250 Å². The summed E-state index contributed by atoms with van der Waals surface area (Å²) in [6.45, 7) is 44.0. The number of ether oxygens (including phenoxy) is 7. The second-order valence-corrected chi connectivity index (χ2v) is 38.1. The van der Waals surface area contributed by atoms with Crippen LogP contribution in [0.2, 0.25) is 5.02 Å². The summed E-state index contributed by atoms with van der Waals surface area (Å²) in [4.78, 5) is 106. The Morgan fingerprint density at radius 2 is 0.868 bits per heavy atom. The first-order chi connectivity index (χ1) is 64.5. The lowest BCUT2D eigenvalue weighted by atomic mass is 9.67. The maximum absolute atomic E-state index is 13.3. The molecule has 2 saturated heterocycles. The van der Waals surface area contributed by atoms with E-state index >= 15 is 0 Å². The van der Waals surface area contributed by atoms with E-state index in [1.54, 1.807) is 71.9 Å². The number of nitro groups is 2. The van der Waals surface area contributed by atoms with Crippen molar-refractivity contribution in [2.75, 3.05) is 93.6 Å². The number of hydrogen-bond donors (Lipinski definition) is 3. The van der Waals surface area contributed by atoms with Crippen LogP contribution in [0.4, 0.5) is 20.2 Å². The molecule has 2 fully saturated rings. The van der Waals surface area contributed by atoms with Crippen molar-refractivity contribution in [2.45, 2.75) is 204 Å². The van der Waals surface area contributed by atoms with E-state index in [4.69, 9.17) is 44.8 Å². The number of non-ortho nitro benzene ring substituents is 2. The lowest BCUT2D eigenvalue weighted by Gasteiger charge is -2.47. The van der Waals surface area contributed by atoms with Gasteiger partial charge in [-0.05, 0) is 214 Å². The zero-order valence-corrected chi connectivity index (χ0v) is 83.4. The summed E-state index contributed by atoms with van der Waals surface area (Å²) >= 11 is 6.49. The molecular formula is C108H137ClF2N8O17. The number of benzene rings is 7. The van der Waals surface area contributed by atoms with Crippen LogP contribution in [0, 0.1) is 49.1 Å². The quantitative estimate of drug-likeness (QED) is 0.0129. The maximum atomic E-state index is 13.3. The van der Waals surface area contributed by atoms with Gasteiger partial charge in [0.1, 0.15) is 11.6 Å². The van der Waals surface area contributed by atoms with Gasteiger partial charge in [0.2, 0.25) is 0 Å². The van der Waals surface area contributed by atoms with Crippen LogP contribution in [-0.2, 0) is 67.3 Å². The highest BCUT2D eigenvalue weighted by Gasteiger charge is 2.44. The second kappa shape index (κ2) is 51.2. The van der Waals surface area contributed by atoms with Crippen molar-refractivity contribution in [3.63, 3.8) is 0 Å². The maximum Gasteiger partial charge on any atom is 0.336 e. The molecule has 5 aliphatic rings. The normalized spacial score (nSPS) is 17.0. The van der Waals surface area contributed by atoms with Gasteiger partial charge in [-0.2, -0.15) is 0 Å². The SMILES string of the molecule is CC(C)(C)N1CCC(c2ccccc2)(c2ccccc2)CC1.CC(C)N1CCN(C(c2ccc(F)cc2)c2ccc(F)cc2)CC1.CCOC(=O)C1=C(COCCC(C)(C)C)NC(C)=C(C(=O)OC)C1c1ccccc1Cl.COC(=O)C1=C(C)NC(C)=C(C(=O)OCCC(C)C)C1c1cccc([N+](=O)[O-])c1.COC(=O)C1=C(C)NC(C)=C(C(=O)OCCCC(C)C)C1c1cccc([N+](=O)[O-])c1. The van der Waals surface area contributed by atoms with Crippen molar-refractivity contribution in [3.05, 3.63) is 325 Å². The lowest BCUT2D eigenvalue weighted by Crippen LogP contribution is -2.50. The summed E-state index contributed by atoms with van der Waals surface area (Å²) < 4.78 is 63.7. The predicted molar refractivity (Wildman–Crippen MR) is 526 cm³/mol. The summed E-state index contributed by atoms with van der Waals surface area (Å²) in [6, 6.07) is 55.0. The molecule has 12 rings (SSSR count). The molecular weight excluding hydrogens is 1750 g/mol. The number of rotatable bonds is 29. The number of likely N-dealkylation sites (tertiary alicyclic amines) is 1. The highest BCUT2D eigenvalue weighted by molar-refractivity contribution is 6.31. The van der Waals surface area contributed by atoms with Crippen LogP contribution in [0.3, 0.4) is 0 Å². The molecule has 0 spiro atoms. The van der Waals surface area contributed by atoms with E-state index in [0.29, 0.717) is 97.9 Å². The van der Waals surface area contributed by atoms with Gasteiger partial charge < -0.3 is 49.1 Å². The smallest absolute Gasteiger partial charge is 0.336 e. The fraction of sp³-hybridized carbons (Fsp3) is 0.444. The average Bonchev–Trinajstić information content (AvgIpc) is 0.807. The minimum absolute atomic E-state index is 0.0283. The molecule has 3 unspecified atom stereocenters. The highest BCUT2D eigenvalue weighted by atomic mass is 35.5. The Bertz CT molecular complexity index is 5380. The zero-order chi connectivity index (χ0) is 100. The van der Waals surface area contributed by atoms with Crippen LogP contribution in [0.1, 0.15) is 226 Å². The Morgan fingerprint density at radius 3 is 1.26 bits per heavy atom. The number of carbonyl (C=O) groups is 6. The van der Waals surface area contributed by atoms with Crippen LogP contribution >= 0.6 is 11.6 Å². The van der Waals surface area contributed by atoms with Gasteiger partial charge in [0.25, 0.3) is 11.4 Å². The van der Waals surface area contributed by atoms with E-state index in [9.17, 15) is 57.8 Å². The molecule has 0 aromatic heterocycles. The standard InChI is InChI=1S/C24H32ClNO5.C22H28N2O6.C21H26N2O6.C21H27N.C20H24F2N2/c1-7-31-23(28)21-18(14-30-13-12-24(3,4)5)26-15(2)19(22(27)29-6)20(21)16-10-8-9-11-17(16)25;1-13(2)8-7-11-30-22(26)19-15(4)23-14(3)18(21(25)29-5)20(19)16-9-6-10-17(12-16)24(27)28;1-12(2)9-10-29-21(25)18-14(4)22-13(3)17(20(24)28-5)19(18)15-7-6-8-16(11-15)23(26)27;1-20(2,3)22-16-14-21(15-17-22,18-10-6-4-7-11-18)19-12-8-5-9-13-19;1-15(2)23-11-13-24(14-12-23)20(16-3-7-18(21)8-4-16)17-5-9-19(22)10-6-17/h8-11,20,26H,7,12-14H2,1-6H3;6,9-10,12-13,20,23H,7-8,11H2,1-5H3;6-8,11-12,19,22H,9-10H2,1-5H3;4-13H,14-17H2,1-3H3;3-10,15,20H,11-14H2,1-2H3. The summed E-state index contributed by atoms with van der Waals surface area (Å²) in [6.07, 6.45) is 5.60. The molecule has 0 saturated carbocycles. The third-order valence-electron chi connectivity index (χ3n) is 24.7. The molecule has 0 aliphatic carbocycles. The first kappa shape index (κ1) is 109. The predicted octanol–water partition coefficient (Wildman–Crippen LogP) is 21.3. The number of nitro benzene ring substituents is 2. The van der Waals surface area contributed by atoms with E-state index in [1.165, 1.54) is 106 Å². The Hall–Kier alpha value is -12.0. The number of nitrogens with zero attached hydrogens (tertiary/aromatic N) is 5. The largest absolute Gasteiger partial charge is 0.466 e. The van der Waals surface area contributed by atoms with Gasteiger partial charge in [0.15, 0.2) is 0 Å². The monoisotopic (exact) mass is 1890 g/mol. The number of allylic oxidation sites excluding steroid dienone is 5. The van der Waals surface area contributed by atoms with Crippen LogP contribution in [0.5, 0.6) is 0 Å². The number of carbonyl (C=O) groups excluding carboxylic acids is 6. The van der Waals surface area contributed by atoms with E-state index in [2.05, 4.69) is 161 Å². The molecule has 7 aromatic rings. The molecule has 732 valence electrons. The van der Waals surface area contributed by atoms with E-state index in [0.717, 1.165) is 69.7 Å². The Balaban J connectivity index is 0.000000210. The summed E-state index contributed by atoms with van der Waals surface area (Å²) in [7, 11) is 3.81. The fourth-order valence-corrected chi connectivity index (χ4v) is 17.7. The van der Waals surface area contributed by atoms with Gasteiger partial charge in [-0.3, -0.25) is 34.9 Å². The minimum Gasteiger partial charge on any atom is -0.466 e. The molecule has 3 atom stereocenters. The van der Waals surface area contributed by atoms with Gasteiger partial charge in [-0.1, -0.05) is 187 Å². The molecule has 0 bridgehead atoms. The first-order valence-electron chi connectivity index (χ1n) is 46.5. The van der Waals surface area contributed by atoms with E-state index < -0.39 is 63.4 Å². The number of hydrogen-bond acceptors (Lipinski definition) is 23. The summed E-state index contributed by atoms with van der Waals surface area (Å²) in [5.41, 5.74) is 11.6. The zero-order valence-electron chi connectivity index (χ0n) is 82.7. The molecule has 5 heterocycles. The number of methoxy groups -OCH3 is 3. The third kappa shape index (κ3) is 29.8. The van der Waals surface area contributed by atoms with Crippen LogP contribution < -0.4 is 16.0 Å². The van der Waals surface area contributed by atoms with E-state index in [1.807, 2.05) is 44.2 Å². The number of dihydropyridines is 3. The summed E-state index contributed by atoms with van der Waals surface area (Å²) in [5, 5.41) is 32.2. The van der Waals surface area contributed by atoms with Gasteiger partial charge in [0, 0.05) is 108 Å². The van der Waals surface area contributed by atoms with Crippen molar-refractivity contribution in [2.24, 2.45) is 17.3 Å². The highest BCUT2D eigenvalue weighted by Crippen LogP contribution is 2.47. The Labute approximate surface area is 805 Å². The van der Waals surface area contributed by atoms with Crippen LogP contribution in [-0.4, -0.2) is 166 Å². The Kier molecular flexibility index (Phi) is 41.2. The molecule has 25 nitrogen and oxygen atoms in total. The molecule has 7 aromatic carbocycles. The van der Waals surface area contributed by atoms with Crippen molar-refractivity contribution in [1.82, 2.24) is 30.7 Å². The topological polar surface area (TPSA) is 299 Å². The van der Waals surface area contributed by atoms with Crippen molar-refractivity contribution in [1.29, 1.82) is 0 Å². The number of esters is 6. The first-order valence-corrected chi connectivity index (χ1v) is 46.9. The lowest BCUT2D eigenvalue weighted by molar-refractivity contribution is -0.385. The third-order valence-corrected chi connectivity index (χ3v) is 25.1. The molecule has 0 amide bonds. The average molecular weight is 1890 g/mol. The second-order valence-electron chi connectivity index (χ2n) is 37.7. The number of piperazine rings is 1. The number of halogens is 3. The van der Waals surface area contributed by atoms with Crippen molar-refractivity contribution >= 4 is 58.8 Å². The molecule has 5 aliphatic heterocycles. The van der Waals surface area contributed by atoms with Gasteiger partial charge in [-0.25, -0.2) is 37.5 Å². The van der Waals surface area contributed by atoms with Crippen LogP contribution in [0.25, 0.3) is 0 Å². The van der Waals surface area contributed by atoms with Gasteiger partial charge >= 0.3 is 35.8 Å². The summed E-state index contributed by atoms with van der Waals surface area (Å²) in [5.74, 6) is -5.45. The fourth-order valence-electron chi connectivity index (χ4n) is 17.4. The molecule has 28 heteroatoms. The molecule has 0 radical (unpaired) electrons. The van der Waals surface area contributed by atoms with Crippen molar-refractivity contribution < 1.29 is 80.6 Å². The molecule has 136 heavy (non-hydrogen) atoms. The number of piperidine rings is 1. The van der Waals surface area contributed by atoms with Gasteiger partial charge in [0.05, 0.1) is 121 Å². The molecule has 3 N–H and O–H groups in total. The minimum atomic E-state index is -0.838. The van der Waals surface area contributed by atoms with E-state index in [-0.39, 0.29) is 94.1 Å². The number of nitrogens with one attached hydrogen (secondary N) is 3.